The molecule has 1 aromatic heterocycles. The molecule has 0 saturated carbocycles. The van der Waals surface area contributed by atoms with Crippen LogP contribution in [0.3, 0.4) is 0 Å². The molecular weight excluding hydrogens is 168 g/mol. The molecule has 0 aromatic carbocycles. The molecule has 1 heterocycles. The van der Waals surface area contributed by atoms with Gasteiger partial charge in [-0.1, -0.05) is 5.92 Å². The molecule has 1 rings (SSSR count). The standard InChI is InChI=1S/C9H10N2O2/c1-3-6-13-11-9(12)8-7(2)4-5-10-8/h1,4-5,10H,6H2,2H3,(H,11,12). The van der Waals surface area contributed by atoms with Gasteiger partial charge in [0.2, 0.25) is 0 Å². The Kier molecular flexibility index (Phi) is 3.12. The lowest BCUT2D eigenvalue weighted by molar-refractivity contribution is 0.0433. The molecule has 0 radical (unpaired) electrons. The molecule has 68 valence electrons. The molecule has 0 aliphatic carbocycles. The molecule has 0 unspecified atom stereocenters. The highest BCUT2D eigenvalue weighted by molar-refractivity contribution is 5.93. The van der Waals surface area contributed by atoms with E-state index in [9.17, 15) is 4.79 Å². The number of aryl methyl sites for hydroxylation is 1. The number of aromatic amines is 1. The Bertz CT molecular complexity index is 336. The number of terminal acetylenes is 1. The summed E-state index contributed by atoms with van der Waals surface area (Å²) in [6, 6.07) is 1.80. The van der Waals surface area contributed by atoms with Gasteiger partial charge >= 0.3 is 0 Å². The molecule has 0 fully saturated rings. The van der Waals surface area contributed by atoms with Gasteiger partial charge < -0.3 is 4.98 Å². The van der Waals surface area contributed by atoms with Crippen molar-refractivity contribution in [2.75, 3.05) is 6.61 Å². The van der Waals surface area contributed by atoms with Crippen molar-refractivity contribution in [3.63, 3.8) is 0 Å². The van der Waals surface area contributed by atoms with E-state index in [1.54, 1.807) is 12.3 Å². The summed E-state index contributed by atoms with van der Waals surface area (Å²) in [5, 5.41) is 0. The van der Waals surface area contributed by atoms with Crippen LogP contribution in [0, 0.1) is 19.3 Å². The zero-order chi connectivity index (χ0) is 9.68. The highest BCUT2D eigenvalue weighted by Gasteiger charge is 2.08. The van der Waals surface area contributed by atoms with E-state index in [1.807, 2.05) is 6.92 Å². The van der Waals surface area contributed by atoms with Gasteiger partial charge in [-0.05, 0) is 18.6 Å². The fourth-order valence-corrected chi connectivity index (χ4v) is 0.886. The highest BCUT2D eigenvalue weighted by Crippen LogP contribution is 2.03. The summed E-state index contributed by atoms with van der Waals surface area (Å²) in [5.74, 6) is 1.91. The molecule has 0 atom stereocenters. The lowest BCUT2D eigenvalue weighted by Crippen LogP contribution is -2.24. The molecule has 0 bridgehead atoms. The van der Waals surface area contributed by atoms with E-state index < -0.39 is 0 Å². The van der Waals surface area contributed by atoms with Gasteiger partial charge in [0, 0.05) is 6.20 Å². The Hall–Kier alpha value is -1.73. The second-order valence-electron chi connectivity index (χ2n) is 2.46. The molecule has 0 aliphatic rings. The fraction of sp³-hybridized carbons (Fsp3) is 0.222. The summed E-state index contributed by atoms with van der Waals surface area (Å²) in [5.41, 5.74) is 3.56. The first-order valence-electron chi connectivity index (χ1n) is 3.75. The maximum Gasteiger partial charge on any atom is 0.291 e. The normalized spacial score (nSPS) is 9.23. The Balaban J connectivity index is 2.50. The summed E-state index contributed by atoms with van der Waals surface area (Å²) >= 11 is 0. The predicted molar refractivity (Wildman–Crippen MR) is 47.8 cm³/mol. The van der Waals surface area contributed by atoms with Gasteiger partial charge in [0.25, 0.3) is 5.91 Å². The van der Waals surface area contributed by atoms with Crippen LogP contribution in [-0.2, 0) is 4.84 Å². The molecule has 0 spiro atoms. The first-order chi connectivity index (χ1) is 6.25. The molecule has 0 saturated heterocycles. The summed E-state index contributed by atoms with van der Waals surface area (Å²) in [4.78, 5) is 18.7. The smallest absolute Gasteiger partial charge is 0.291 e. The van der Waals surface area contributed by atoms with Crippen LogP contribution in [0.4, 0.5) is 0 Å². The molecule has 1 aromatic rings. The minimum atomic E-state index is -0.322. The predicted octanol–water partition coefficient (Wildman–Crippen LogP) is 0.618. The second kappa shape index (κ2) is 4.33. The van der Waals surface area contributed by atoms with Gasteiger partial charge in [-0.3, -0.25) is 9.63 Å². The molecule has 13 heavy (non-hydrogen) atoms. The number of carbonyl (C=O) groups is 1. The molecule has 4 heteroatoms. The van der Waals surface area contributed by atoms with Crippen LogP contribution in [0.1, 0.15) is 16.1 Å². The maximum absolute atomic E-state index is 11.3. The van der Waals surface area contributed by atoms with Crippen molar-refractivity contribution in [3.8, 4) is 12.3 Å². The number of nitrogens with one attached hydrogen (secondary N) is 2. The van der Waals surface area contributed by atoms with Crippen molar-refractivity contribution in [3.05, 3.63) is 23.5 Å². The summed E-state index contributed by atoms with van der Waals surface area (Å²) < 4.78 is 0. The van der Waals surface area contributed by atoms with Gasteiger partial charge in [0.1, 0.15) is 12.3 Å². The van der Waals surface area contributed by atoms with Crippen molar-refractivity contribution in [2.45, 2.75) is 6.92 Å². The van der Waals surface area contributed by atoms with Crippen LogP contribution in [-0.4, -0.2) is 17.5 Å². The van der Waals surface area contributed by atoms with Crippen LogP contribution in [0.25, 0.3) is 0 Å². The highest BCUT2D eigenvalue weighted by atomic mass is 16.6. The van der Waals surface area contributed by atoms with Crippen LogP contribution in [0.2, 0.25) is 0 Å². The average molecular weight is 178 g/mol. The minimum absolute atomic E-state index is 0.0610. The Labute approximate surface area is 76.2 Å². The van der Waals surface area contributed by atoms with E-state index in [4.69, 9.17) is 6.42 Å². The SMILES string of the molecule is C#CCONC(=O)c1[nH]ccc1C. The maximum atomic E-state index is 11.3. The number of hydrogen-bond donors (Lipinski definition) is 2. The van der Waals surface area contributed by atoms with E-state index in [0.717, 1.165) is 5.56 Å². The van der Waals surface area contributed by atoms with Crippen LogP contribution >= 0.6 is 0 Å². The Morgan fingerprint density at radius 3 is 3.15 bits per heavy atom. The molecule has 1 amide bonds. The largest absolute Gasteiger partial charge is 0.357 e. The number of hydrogen-bond acceptors (Lipinski definition) is 2. The van der Waals surface area contributed by atoms with E-state index >= 15 is 0 Å². The first kappa shape index (κ1) is 9.36. The second-order valence-corrected chi connectivity index (χ2v) is 2.46. The molecule has 0 aliphatic heterocycles. The number of carbonyl (C=O) groups excluding carboxylic acids is 1. The monoisotopic (exact) mass is 178 g/mol. The number of rotatable bonds is 3. The van der Waals surface area contributed by atoms with Crippen molar-refractivity contribution < 1.29 is 9.63 Å². The fourth-order valence-electron chi connectivity index (χ4n) is 0.886. The molecule has 2 N–H and O–H groups in total. The van der Waals surface area contributed by atoms with Crippen molar-refractivity contribution in [2.24, 2.45) is 0 Å². The van der Waals surface area contributed by atoms with Gasteiger partial charge in [-0.2, -0.15) is 0 Å². The minimum Gasteiger partial charge on any atom is -0.357 e. The third-order valence-corrected chi connectivity index (χ3v) is 1.50. The van der Waals surface area contributed by atoms with Gasteiger partial charge in [0.05, 0.1) is 0 Å². The van der Waals surface area contributed by atoms with Crippen molar-refractivity contribution in [1.29, 1.82) is 0 Å². The lowest BCUT2D eigenvalue weighted by Gasteiger charge is -2.01. The number of aromatic nitrogens is 1. The first-order valence-corrected chi connectivity index (χ1v) is 3.75. The molecule has 4 nitrogen and oxygen atoms in total. The average Bonchev–Trinajstić information content (AvgIpc) is 2.52. The third-order valence-electron chi connectivity index (χ3n) is 1.50. The summed E-state index contributed by atoms with van der Waals surface area (Å²) in [7, 11) is 0. The lowest BCUT2D eigenvalue weighted by atomic mass is 10.3. The van der Waals surface area contributed by atoms with Crippen molar-refractivity contribution in [1.82, 2.24) is 10.5 Å². The van der Waals surface area contributed by atoms with E-state index in [-0.39, 0.29) is 12.5 Å². The Morgan fingerprint density at radius 2 is 2.62 bits per heavy atom. The van der Waals surface area contributed by atoms with Crippen LogP contribution < -0.4 is 5.48 Å². The van der Waals surface area contributed by atoms with Crippen molar-refractivity contribution >= 4 is 5.91 Å². The zero-order valence-electron chi connectivity index (χ0n) is 7.26. The van der Waals surface area contributed by atoms with E-state index in [2.05, 4.69) is 21.2 Å². The van der Waals surface area contributed by atoms with Gasteiger partial charge in [-0.15, -0.1) is 6.42 Å². The summed E-state index contributed by atoms with van der Waals surface area (Å²) in [6.07, 6.45) is 6.62. The van der Waals surface area contributed by atoms with E-state index in [0.29, 0.717) is 5.69 Å². The van der Waals surface area contributed by atoms with Crippen LogP contribution in [0.5, 0.6) is 0 Å². The Morgan fingerprint density at radius 1 is 1.85 bits per heavy atom. The van der Waals surface area contributed by atoms with Crippen LogP contribution in [0.15, 0.2) is 12.3 Å². The number of hydroxylamine groups is 1. The molecular formula is C9H10N2O2. The number of amides is 1. The topological polar surface area (TPSA) is 54.1 Å². The third kappa shape index (κ3) is 2.36. The van der Waals surface area contributed by atoms with E-state index in [1.165, 1.54) is 0 Å². The summed E-state index contributed by atoms with van der Waals surface area (Å²) in [6.45, 7) is 1.89. The van der Waals surface area contributed by atoms with Gasteiger partial charge in [-0.25, -0.2) is 5.48 Å². The quantitative estimate of drug-likeness (QED) is 0.405. The zero-order valence-corrected chi connectivity index (χ0v) is 7.26. The number of H-pyrrole nitrogens is 1. The van der Waals surface area contributed by atoms with Gasteiger partial charge in [0.15, 0.2) is 0 Å².